The monoisotopic (exact) mass is 985 g/mol. The van der Waals surface area contributed by atoms with Crippen molar-refractivity contribution in [1.82, 2.24) is 10.4 Å². The normalized spacial score (nSPS) is 15.5. The highest BCUT2D eigenvalue weighted by molar-refractivity contribution is 6.01. The molecule has 0 saturated carbocycles. The van der Waals surface area contributed by atoms with E-state index in [0.717, 1.165) is 32.1 Å². The predicted octanol–water partition coefficient (Wildman–Crippen LogP) is 3.05. The van der Waals surface area contributed by atoms with Gasteiger partial charge in [-0.1, -0.05) is 12.2 Å². The summed E-state index contributed by atoms with van der Waals surface area (Å²) < 4.78 is 71.2. The van der Waals surface area contributed by atoms with Crippen molar-refractivity contribution >= 4 is 35.5 Å². The molecule has 0 radical (unpaired) electrons. The summed E-state index contributed by atoms with van der Waals surface area (Å²) in [6.45, 7) is 10.2. The summed E-state index contributed by atoms with van der Waals surface area (Å²) >= 11 is 0. The second-order valence-electron chi connectivity index (χ2n) is 15.1. The number of amides is 4. The Labute approximate surface area is 405 Å². The first-order chi connectivity index (χ1) is 33.9. The summed E-state index contributed by atoms with van der Waals surface area (Å²) in [5, 5.41) is 6.06. The van der Waals surface area contributed by atoms with Crippen molar-refractivity contribution in [2.75, 3.05) is 170 Å². The molecule has 0 bridgehead atoms. The molecular formula is C47H75N3O19. The number of nitrogens with one attached hydrogen (secondary N) is 2. The van der Waals surface area contributed by atoms with Crippen LogP contribution in [-0.2, 0) is 80.8 Å². The van der Waals surface area contributed by atoms with Crippen LogP contribution in [0.2, 0.25) is 0 Å². The zero-order valence-corrected chi connectivity index (χ0v) is 40.1. The van der Waals surface area contributed by atoms with Crippen LogP contribution in [0.5, 0.6) is 0 Å². The van der Waals surface area contributed by atoms with Crippen molar-refractivity contribution in [1.29, 1.82) is 0 Å². The van der Waals surface area contributed by atoms with Gasteiger partial charge < -0.3 is 71.7 Å². The first kappa shape index (κ1) is 59.1. The molecule has 1 aromatic carbocycles. The molecule has 69 heavy (non-hydrogen) atoms. The van der Waals surface area contributed by atoms with E-state index in [-0.39, 0.29) is 44.5 Å². The topological polar surface area (TPSA) is 242 Å². The minimum absolute atomic E-state index is 0.0520. The molecule has 2 N–H and O–H groups in total. The van der Waals surface area contributed by atoms with Gasteiger partial charge in [-0.3, -0.25) is 19.7 Å². The summed E-state index contributed by atoms with van der Waals surface area (Å²) in [4.78, 5) is 64.0. The van der Waals surface area contributed by atoms with Crippen molar-refractivity contribution in [2.24, 2.45) is 0 Å². The molecule has 3 rings (SSSR count). The van der Waals surface area contributed by atoms with Crippen molar-refractivity contribution in [3.63, 3.8) is 0 Å². The maximum Gasteiger partial charge on any atom is 0.411 e. The van der Waals surface area contributed by atoms with E-state index in [1.807, 2.05) is 0 Å². The number of allylic oxidation sites excluding steroid dienone is 2. The third-order valence-electron chi connectivity index (χ3n) is 9.66. The molecule has 4 amide bonds. The summed E-state index contributed by atoms with van der Waals surface area (Å²) in [5.41, 5.74) is 1.04. The number of hydroxylamine groups is 2. The average Bonchev–Trinajstić information content (AvgIpc) is 3.65. The van der Waals surface area contributed by atoms with E-state index >= 15 is 0 Å². The quantitative estimate of drug-likeness (QED) is 0.0543. The highest BCUT2D eigenvalue weighted by Crippen LogP contribution is 2.17. The highest BCUT2D eigenvalue weighted by Gasteiger charge is 2.32. The predicted molar refractivity (Wildman–Crippen MR) is 247 cm³/mol. The highest BCUT2D eigenvalue weighted by atomic mass is 16.7. The fourth-order valence-electron chi connectivity index (χ4n) is 6.07. The van der Waals surface area contributed by atoms with Gasteiger partial charge in [0.25, 0.3) is 17.7 Å². The molecule has 1 aliphatic carbocycles. The number of carbonyl (C=O) groups excluding carboxylic acids is 5. The Balaban J connectivity index is 0.921. The summed E-state index contributed by atoms with van der Waals surface area (Å²) in [6.07, 6.45) is 8.33. The summed E-state index contributed by atoms with van der Waals surface area (Å²) in [6, 6.07) is 6.65. The van der Waals surface area contributed by atoms with E-state index in [9.17, 15) is 24.0 Å². The molecule has 1 saturated heterocycles. The molecule has 1 aliphatic heterocycles. The lowest BCUT2D eigenvalue weighted by molar-refractivity contribution is -0.198. The maximum absolute atomic E-state index is 12.4. The number of hydrogen-bond acceptors (Lipinski definition) is 19. The Morgan fingerprint density at radius 1 is 0.493 bits per heavy atom. The van der Waals surface area contributed by atoms with Gasteiger partial charge >= 0.3 is 12.1 Å². The van der Waals surface area contributed by atoms with Crippen LogP contribution in [0.3, 0.4) is 0 Å². The average molecular weight is 986 g/mol. The summed E-state index contributed by atoms with van der Waals surface area (Å²) in [5.74, 6) is -1.97. The number of hydrogen-bond donors (Lipinski definition) is 2. The number of rotatable bonds is 43. The van der Waals surface area contributed by atoms with Crippen LogP contribution in [0.1, 0.15) is 61.7 Å². The molecule has 1 aromatic rings. The van der Waals surface area contributed by atoms with Gasteiger partial charge in [-0.2, -0.15) is 0 Å². The van der Waals surface area contributed by atoms with Crippen molar-refractivity contribution < 1.29 is 90.4 Å². The van der Waals surface area contributed by atoms with Crippen molar-refractivity contribution in [3.8, 4) is 0 Å². The van der Waals surface area contributed by atoms with Gasteiger partial charge in [0, 0.05) is 30.6 Å². The molecule has 0 spiro atoms. The first-order valence-corrected chi connectivity index (χ1v) is 23.9. The van der Waals surface area contributed by atoms with E-state index in [0.29, 0.717) is 168 Å². The number of ether oxygens (including phenoxy) is 13. The van der Waals surface area contributed by atoms with Gasteiger partial charge in [-0.25, -0.2) is 9.59 Å². The Morgan fingerprint density at radius 2 is 0.884 bits per heavy atom. The summed E-state index contributed by atoms with van der Waals surface area (Å²) in [7, 11) is 0. The number of nitrogens with zero attached hydrogens (tertiary/aromatic N) is 1. The molecule has 1 atom stereocenters. The SMILES string of the molecule is O=C(CCOCCOCCOCCOCCOCCOCCOCCOCCOCCOCCOCCOCCNC(=O)c1ccc(NC(=O)OC2CC/C=C/CCC2)cc1)ON1C(=O)CCC1=O. The van der Waals surface area contributed by atoms with Gasteiger partial charge in [0.1, 0.15) is 6.10 Å². The largest absolute Gasteiger partial charge is 0.446 e. The van der Waals surface area contributed by atoms with E-state index in [4.69, 9.17) is 66.4 Å². The lowest BCUT2D eigenvalue weighted by Gasteiger charge is -2.18. The lowest BCUT2D eigenvalue weighted by Crippen LogP contribution is -2.32. The van der Waals surface area contributed by atoms with Crippen LogP contribution >= 0.6 is 0 Å². The van der Waals surface area contributed by atoms with Crippen LogP contribution in [0.25, 0.3) is 0 Å². The fraction of sp³-hybridized carbons (Fsp3) is 0.723. The fourth-order valence-corrected chi connectivity index (χ4v) is 6.07. The van der Waals surface area contributed by atoms with Crippen molar-refractivity contribution in [3.05, 3.63) is 42.0 Å². The molecule has 0 aromatic heterocycles. The Kier molecular flexibility index (Phi) is 35.7. The van der Waals surface area contributed by atoms with E-state index < -0.39 is 23.9 Å². The number of benzene rings is 1. The van der Waals surface area contributed by atoms with Crippen molar-refractivity contribution in [2.45, 2.75) is 57.5 Å². The number of carbonyl (C=O) groups is 5. The molecule has 22 heteroatoms. The second-order valence-corrected chi connectivity index (χ2v) is 15.1. The molecule has 22 nitrogen and oxygen atoms in total. The van der Waals surface area contributed by atoms with Crippen LogP contribution < -0.4 is 10.6 Å². The molecule has 2 aliphatic rings. The second kappa shape index (κ2) is 41.6. The van der Waals surface area contributed by atoms with E-state index in [1.54, 1.807) is 24.3 Å². The number of imide groups is 1. The molecular weight excluding hydrogens is 911 g/mol. The zero-order chi connectivity index (χ0) is 49.1. The van der Waals surface area contributed by atoms with E-state index in [1.165, 1.54) is 0 Å². The molecule has 1 fully saturated rings. The molecule has 1 unspecified atom stereocenters. The Bertz CT molecular complexity index is 1520. The van der Waals surface area contributed by atoms with Crippen LogP contribution in [0.15, 0.2) is 36.4 Å². The van der Waals surface area contributed by atoms with Gasteiger partial charge in [-0.15, -0.1) is 5.06 Å². The number of anilines is 1. The molecule has 392 valence electrons. The van der Waals surface area contributed by atoms with Gasteiger partial charge in [0.2, 0.25) is 0 Å². The standard InChI is InChI=1S/C47H75N3O19/c51-43-12-13-44(52)50(43)69-45(53)14-16-56-18-20-58-22-24-60-26-28-62-30-32-64-34-36-66-38-39-67-37-35-65-33-31-63-29-27-61-25-23-59-21-19-57-17-15-48-46(54)40-8-10-41(11-9-40)49-47(55)68-42-6-4-2-1-3-5-7-42/h1-2,8-11,42H,3-7,12-39H2,(H,48,54)(H,49,55)/b2-1+. The Hall–Kier alpha value is -4.17. The smallest absolute Gasteiger partial charge is 0.411 e. The van der Waals surface area contributed by atoms with Gasteiger partial charge in [-0.05, 0) is 56.4 Å². The van der Waals surface area contributed by atoms with Gasteiger partial charge in [0.15, 0.2) is 0 Å². The van der Waals surface area contributed by atoms with E-state index in [2.05, 4.69) is 22.8 Å². The van der Waals surface area contributed by atoms with Crippen LogP contribution in [0.4, 0.5) is 10.5 Å². The zero-order valence-electron chi connectivity index (χ0n) is 40.1. The molecule has 1 heterocycles. The van der Waals surface area contributed by atoms with Gasteiger partial charge in [0.05, 0.1) is 165 Å². The van der Waals surface area contributed by atoms with Crippen LogP contribution in [-0.4, -0.2) is 206 Å². The maximum atomic E-state index is 12.4. The minimum Gasteiger partial charge on any atom is -0.446 e. The third-order valence-corrected chi connectivity index (χ3v) is 9.66. The van der Waals surface area contributed by atoms with Crippen LogP contribution in [0, 0.1) is 0 Å². The lowest BCUT2D eigenvalue weighted by atomic mass is 10.0. The first-order valence-electron chi connectivity index (χ1n) is 23.9. The third kappa shape index (κ3) is 32.4. The Morgan fingerprint density at radius 3 is 1.32 bits per heavy atom. The minimum atomic E-state index is -0.706.